The van der Waals surface area contributed by atoms with Gasteiger partial charge >= 0.3 is 0 Å². The average molecular weight is 294 g/mol. The predicted octanol–water partition coefficient (Wildman–Crippen LogP) is 0.807. The number of nitrogen functional groups attached to an aromatic ring is 1. The average Bonchev–Trinajstić information content (AvgIpc) is 2.93. The number of carbonyl (C=O) groups is 1. The minimum absolute atomic E-state index is 0.0126. The van der Waals surface area contributed by atoms with E-state index in [-0.39, 0.29) is 23.5 Å². The summed E-state index contributed by atoms with van der Waals surface area (Å²) in [4.78, 5) is 12.2. The molecule has 1 aromatic carbocycles. The molecule has 0 aromatic heterocycles. The van der Waals surface area contributed by atoms with Crippen LogP contribution in [0.15, 0.2) is 18.2 Å². The summed E-state index contributed by atoms with van der Waals surface area (Å²) in [6, 6.07) is 5.72. The van der Waals surface area contributed by atoms with E-state index < -0.39 is 15.8 Å². The summed E-state index contributed by atoms with van der Waals surface area (Å²) in [7, 11) is -3.02. The van der Waals surface area contributed by atoms with Crippen LogP contribution in [0, 0.1) is 5.92 Å². The molecule has 1 aliphatic carbocycles. The van der Waals surface area contributed by atoms with Crippen molar-refractivity contribution in [2.24, 2.45) is 5.92 Å². The molecular formula is C14H18N2O3S. The number of anilines is 1. The van der Waals surface area contributed by atoms with Gasteiger partial charge in [-0.15, -0.1) is 0 Å². The first kappa shape index (κ1) is 13.4. The Bertz CT molecular complexity index is 654. The number of sulfone groups is 1. The van der Waals surface area contributed by atoms with Crippen molar-refractivity contribution in [3.05, 3.63) is 29.3 Å². The van der Waals surface area contributed by atoms with E-state index >= 15 is 0 Å². The molecular weight excluding hydrogens is 276 g/mol. The quantitative estimate of drug-likeness (QED) is 0.790. The second-order valence-electron chi connectivity index (χ2n) is 5.66. The van der Waals surface area contributed by atoms with Crippen LogP contribution in [0.1, 0.15) is 30.0 Å². The van der Waals surface area contributed by atoms with Crippen molar-refractivity contribution < 1.29 is 13.2 Å². The Labute approximate surface area is 118 Å². The fraction of sp³-hybridized carbons (Fsp3) is 0.500. The molecule has 1 heterocycles. The molecule has 1 amide bonds. The maximum atomic E-state index is 12.2. The molecule has 1 fully saturated rings. The molecule has 2 atom stereocenters. The van der Waals surface area contributed by atoms with Crippen molar-refractivity contribution in [2.45, 2.75) is 25.3 Å². The lowest BCUT2D eigenvalue weighted by molar-refractivity contribution is -0.125. The van der Waals surface area contributed by atoms with E-state index in [2.05, 4.69) is 5.32 Å². The fourth-order valence-corrected chi connectivity index (χ4v) is 4.82. The van der Waals surface area contributed by atoms with Crippen LogP contribution >= 0.6 is 0 Å². The molecule has 0 radical (unpaired) electrons. The molecule has 108 valence electrons. The van der Waals surface area contributed by atoms with Crippen LogP contribution in [0.3, 0.4) is 0 Å². The van der Waals surface area contributed by atoms with Crippen LogP contribution in [0.5, 0.6) is 0 Å². The maximum Gasteiger partial charge on any atom is 0.224 e. The molecule has 1 saturated heterocycles. The van der Waals surface area contributed by atoms with Gasteiger partial charge in [-0.3, -0.25) is 4.79 Å². The summed E-state index contributed by atoms with van der Waals surface area (Å²) >= 11 is 0. The predicted molar refractivity (Wildman–Crippen MR) is 76.8 cm³/mol. The molecule has 0 spiro atoms. The summed E-state index contributed by atoms with van der Waals surface area (Å²) in [5.74, 6) is -0.415. The van der Waals surface area contributed by atoms with Crippen LogP contribution in [0.4, 0.5) is 5.69 Å². The second-order valence-corrected chi connectivity index (χ2v) is 7.89. The maximum absolute atomic E-state index is 12.2. The minimum Gasteiger partial charge on any atom is -0.399 e. The van der Waals surface area contributed by atoms with Crippen molar-refractivity contribution in [3.8, 4) is 0 Å². The molecule has 2 aliphatic rings. The van der Waals surface area contributed by atoms with Gasteiger partial charge < -0.3 is 11.1 Å². The number of rotatable bonds is 2. The molecule has 5 nitrogen and oxygen atoms in total. The van der Waals surface area contributed by atoms with Gasteiger partial charge in [0.15, 0.2) is 9.84 Å². The number of hydrogen-bond donors (Lipinski definition) is 2. The van der Waals surface area contributed by atoms with Crippen LogP contribution < -0.4 is 11.1 Å². The smallest absolute Gasteiger partial charge is 0.224 e. The first-order chi connectivity index (χ1) is 9.44. The second kappa shape index (κ2) is 4.77. The van der Waals surface area contributed by atoms with Gasteiger partial charge in [-0.25, -0.2) is 8.42 Å². The van der Waals surface area contributed by atoms with E-state index in [1.807, 2.05) is 18.2 Å². The Morgan fingerprint density at radius 1 is 1.30 bits per heavy atom. The van der Waals surface area contributed by atoms with Crippen LogP contribution in [0.25, 0.3) is 0 Å². The Hall–Kier alpha value is -1.56. The van der Waals surface area contributed by atoms with Crippen LogP contribution in [-0.2, 0) is 21.1 Å². The summed E-state index contributed by atoms with van der Waals surface area (Å²) in [6.45, 7) is 0. The molecule has 6 heteroatoms. The van der Waals surface area contributed by atoms with Crippen molar-refractivity contribution >= 4 is 21.4 Å². The molecule has 3 rings (SSSR count). The molecule has 2 unspecified atom stereocenters. The Kier molecular flexibility index (Phi) is 3.20. The van der Waals surface area contributed by atoms with Crippen molar-refractivity contribution in [1.82, 2.24) is 5.32 Å². The molecule has 1 aromatic rings. The Morgan fingerprint density at radius 2 is 2.10 bits per heavy atom. The molecule has 1 aliphatic heterocycles. The third-order valence-corrected chi connectivity index (χ3v) is 5.93. The number of fused-ring (bicyclic) bond motifs is 1. The molecule has 0 saturated carbocycles. The zero-order valence-corrected chi connectivity index (χ0v) is 11.9. The normalized spacial score (nSPS) is 27.2. The van der Waals surface area contributed by atoms with E-state index in [0.29, 0.717) is 6.42 Å². The lowest BCUT2D eigenvalue weighted by atomic mass is 10.0. The summed E-state index contributed by atoms with van der Waals surface area (Å²) in [5.41, 5.74) is 8.77. The first-order valence-electron chi connectivity index (χ1n) is 6.84. The molecule has 3 N–H and O–H groups in total. The number of carbonyl (C=O) groups excluding carboxylic acids is 1. The highest BCUT2D eigenvalue weighted by molar-refractivity contribution is 7.91. The van der Waals surface area contributed by atoms with Gasteiger partial charge in [0.05, 0.1) is 23.5 Å². The van der Waals surface area contributed by atoms with Crippen molar-refractivity contribution in [1.29, 1.82) is 0 Å². The van der Waals surface area contributed by atoms with E-state index in [9.17, 15) is 13.2 Å². The lowest BCUT2D eigenvalue weighted by Gasteiger charge is -2.16. The number of nitrogens with two attached hydrogens (primary N) is 1. The Morgan fingerprint density at radius 3 is 2.80 bits per heavy atom. The van der Waals surface area contributed by atoms with E-state index in [0.717, 1.165) is 24.1 Å². The van der Waals surface area contributed by atoms with Gasteiger partial charge in [-0.05, 0) is 42.5 Å². The number of aryl methyl sites for hydroxylation is 1. The highest BCUT2D eigenvalue weighted by Crippen LogP contribution is 2.33. The Balaban J connectivity index is 1.70. The van der Waals surface area contributed by atoms with E-state index in [1.54, 1.807) is 0 Å². The van der Waals surface area contributed by atoms with E-state index in [1.165, 1.54) is 5.56 Å². The number of hydrogen-bond acceptors (Lipinski definition) is 4. The van der Waals surface area contributed by atoms with E-state index in [4.69, 9.17) is 5.73 Å². The number of benzene rings is 1. The largest absolute Gasteiger partial charge is 0.399 e. The third-order valence-electron chi connectivity index (χ3n) is 4.16. The van der Waals surface area contributed by atoms with Gasteiger partial charge in [0.2, 0.25) is 5.91 Å². The summed E-state index contributed by atoms with van der Waals surface area (Å²) < 4.78 is 22.8. The van der Waals surface area contributed by atoms with Crippen molar-refractivity contribution in [2.75, 3.05) is 17.2 Å². The van der Waals surface area contributed by atoms with Gasteiger partial charge in [0, 0.05) is 5.69 Å². The summed E-state index contributed by atoms with van der Waals surface area (Å²) in [6.07, 6.45) is 2.19. The number of amides is 1. The van der Waals surface area contributed by atoms with Gasteiger partial charge in [0.25, 0.3) is 0 Å². The third kappa shape index (κ3) is 2.52. The molecule has 20 heavy (non-hydrogen) atoms. The highest BCUT2D eigenvalue weighted by Gasteiger charge is 2.34. The highest BCUT2D eigenvalue weighted by atomic mass is 32.2. The first-order valence-corrected chi connectivity index (χ1v) is 8.66. The van der Waals surface area contributed by atoms with Gasteiger partial charge in [-0.1, -0.05) is 6.07 Å². The number of nitrogens with one attached hydrogen (secondary N) is 1. The standard InChI is InChI=1S/C14H18N2O3S/c15-11-2-3-12-9(7-11)1-4-13(12)16-14(17)10-5-6-20(18,19)8-10/h2-3,7,10,13H,1,4-6,8,15H2,(H,16,17). The zero-order valence-electron chi connectivity index (χ0n) is 11.1. The lowest BCUT2D eigenvalue weighted by Crippen LogP contribution is -2.33. The minimum atomic E-state index is -3.02. The van der Waals surface area contributed by atoms with Crippen LogP contribution in [-0.4, -0.2) is 25.8 Å². The van der Waals surface area contributed by atoms with Crippen molar-refractivity contribution in [3.63, 3.8) is 0 Å². The SMILES string of the molecule is Nc1ccc2c(c1)CCC2NC(=O)C1CCS(=O)(=O)C1. The zero-order chi connectivity index (χ0) is 14.3. The van der Waals surface area contributed by atoms with Gasteiger partial charge in [-0.2, -0.15) is 0 Å². The topological polar surface area (TPSA) is 89.3 Å². The molecule has 0 bridgehead atoms. The fourth-order valence-electron chi connectivity index (χ4n) is 3.08. The summed E-state index contributed by atoms with van der Waals surface area (Å²) in [5, 5.41) is 2.99. The van der Waals surface area contributed by atoms with Gasteiger partial charge in [0.1, 0.15) is 0 Å². The monoisotopic (exact) mass is 294 g/mol. The van der Waals surface area contributed by atoms with Crippen LogP contribution in [0.2, 0.25) is 0 Å².